The Labute approximate surface area is 147 Å². The molecule has 136 valence electrons. The van der Waals surface area contributed by atoms with Crippen LogP contribution in [0.25, 0.3) is 0 Å². The average molecular weight is 348 g/mol. The van der Waals surface area contributed by atoms with Crippen molar-refractivity contribution in [2.45, 2.75) is 38.6 Å². The molecule has 1 atom stereocenters. The van der Waals surface area contributed by atoms with Crippen molar-refractivity contribution in [3.8, 4) is 5.75 Å². The third-order valence-corrected chi connectivity index (χ3v) is 4.34. The minimum atomic E-state index is -1.17. The fourth-order valence-electron chi connectivity index (χ4n) is 2.79. The molecule has 0 aliphatic carbocycles. The summed E-state index contributed by atoms with van der Waals surface area (Å²) in [5, 5.41) is 2.73. The first-order chi connectivity index (χ1) is 12.0. The summed E-state index contributed by atoms with van der Waals surface area (Å²) in [6, 6.07) is 6.35. The lowest BCUT2D eigenvalue weighted by Crippen LogP contribution is -2.44. The molecule has 0 bridgehead atoms. The number of nitrogens with zero attached hydrogens (tertiary/aromatic N) is 1. The zero-order valence-corrected chi connectivity index (χ0v) is 14.8. The standard InChI is InChI=1S/C18H24N2O5/c1-4-6-11-25-15(21)12-20-16(22)18(5-2,19-17(20)23)13-7-9-14(24-3)10-8-13/h7-10H,4-6,11-12H2,1-3H3,(H,19,23)/t18-/m0/s1. The lowest BCUT2D eigenvalue weighted by molar-refractivity contribution is -0.148. The second kappa shape index (κ2) is 8.00. The van der Waals surface area contributed by atoms with Gasteiger partial charge in [0.05, 0.1) is 13.7 Å². The highest BCUT2D eigenvalue weighted by molar-refractivity contribution is 6.09. The van der Waals surface area contributed by atoms with Gasteiger partial charge in [-0.3, -0.25) is 14.5 Å². The van der Waals surface area contributed by atoms with Gasteiger partial charge < -0.3 is 14.8 Å². The van der Waals surface area contributed by atoms with Gasteiger partial charge in [0, 0.05) is 0 Å². The molecule has 0 unspecified atom stereocenters. The van der Waals surface area contributed by atoms with Crippen molar-refractivity contribution in [1.82, 2.24) is 10.2 Å². The minimum Gasteiger partial charge on any atom is -0.497 e. The fourth-order valence-corrected chi connectivity index (χ4v) is 2.79. The van der Waals surface area contributed by atoms with Crippen LogP contribution in [-0.4, -0.2) is 43.1 Å². The topological polar surface area (TPSA) is 84.9 Å². The van der Waals surface area contributed by atoms with Crippen LogP contribution in [0.5, 0.6) is 5.75 Å². The number of hydrogen-bond acceptors (Lipinski definition) is 5. The smallest absolute Gasteiger partial charge is 0.326 e. The van der Waals surface area contributed by atoms with Crippen LogP contribution in [-0.2, 0) is 19.9 Å². The molecule has 1 N–H and O–H groups in total. The fraction of sp³-hybridized carbons (Fsp3) is 0.500. The van der Waals surface area contributed by atoms with Gasteiger partial charge in [0.25, 0.3) is 5.91 Å². The molecule has 7 heteroatoms. The van der Waals surface area contributed by atoms with Crippen molar-refractivity contribution in [1.29, 1.82) is 0 Å². The summed E-state index contributed by atoms with van der Waals surface area (Å²) in [6.07, 6.45) is 2.01. The Kier molecular flexibility index (Phi) is 6.01. The summed E-state index contributed by atoms with van der Waals surface area (Å²) >= 11 is 0. The second-order valence-electron chi connectivity index (χ2n) is 5.88. The molecule has 1 aromatic carbocycles. The second-order valence-corrected chi connectivity index (χ2v) is 5.88. The summed E-state index contributed by atoms with van der Waals surface area (Å²) in [7, 11) is 1.55. The Bertz CT molecular complexity index is 643. The van der Waals surface area contributed by atoms with Crippen molar-refractivity contribution in [3.05, 3.63) is 29.8 Å². The Balaban J connectivity index is 2.17. The van der Waals surface area contributed by atoms with E-state index >= 15 is 0 Å². The number of urea groups is 1. The van der Waals surface area contributed by atoms with Crippen LogP contribution in [0.1, 0.15) is 38.7 Å². The van der Waals surface area contributed by atoms with Gasteiger partial charge in [0.1, 0.15) is 17.8 Å². The Morgan fingerprint density at radius 2 is 1.88 bits per heavy atom. The van der Waals surface area contributed by atoms with E-state index in [1.165, 1.54) is 0 Å². The molecule has 0 radical (unpaired) electrons. The van der Waals surface area contributed by atoms with Gasteiger partial charge in [-0.15, -0.1) is 0 Å². The predicted molar refractivity (Wildman–Crippen MR) is 91.1 cm³/mol. The van der Waals surface area contributed by atoms with Gasteiger partial charge in [-0.1, -0.05) is 32.4 Å². The number of nitrogens with one attached hydrogen (secondary N) is 1. The number of carbonyl (C=O) groups excluding carboxylic acids is 3. The van der Waals surface area contributed by atoms with E-state index in [0.29, 0.717) is 17.7 Å². The molecule has 0 saturated carbocycles. The highest BCUT2D eigenvalue weighted by atomic mass is 16.5. The predicted octanol–water partition coefficient (Wildman–Crippen LogP) is 2.20. The van der Waals surface area contributed by atoms with Gasteiger partial charge in [0.2, 0.25) is 0 Å². The molecular formula is C18H24N2O5. The molecule has 0 spiro atoms. The number of unbranched alkanes of at least 4 members (excludes halogenated alkanes) is 1. The number of rotatable bonds is 8. The van der Waals surface area contributed by atoms with Crippen molar-refractivity contribution in [3.63, 3.8) is 0 Å². The van der Waals surface area contributed by atoms with E-state index in [-0.39, 0.29) is 13.2 Å². The van der Waals surface area contributed by atoms with Crippen molar-refractivity contribution < 1.29 is 23.9 Å². The van der Waals surface area contributed by atoms with Crippen LogP contribution in [0.2, 0.25) is 0 Å². The van der Waals surface area contributed by atoms with Crippen LogP contribution in [0, 0.1) is 0 Å². The van der Waals surface area contributed by atoms with Crippen LogP contribution in [0.15, 0.2) is 24.3 Å². The van der Waals surface area contributed by atoms with Crippen LogP contribution in [0.4, 0.5) is 4.79 Å². The molecule has 2 rings (SSSR count). The molecule has 1 heterocycles. The largest absolute Gasteiger partial charge is 0.497 e. The zero-order valence-electron chi connectivity index (χ0n) is 14.8. The molecule has 0 aromatic heterocycles. The van der Waals surface area contributed by atoms with E-state index < -0.39 is 23.4 Å². The maximum Gasteiger partial charge on any atom is 0.326 e. The molecule has 7 nitrogen and oxygen atoms in total. The van der Waals surface area contributed by atoms with Crippen molar-refractivity contribution >= 4 is 17.9 Å². The van der Waals surface area contributed by atoms with Crippen LogP contribution < -0.4 is 10.1 Å². The maximum atomic E-state index is 12.9. The van der Waals surface area contributed by atoms with Crippen LogP contribution in [0.3, 0.4) is 0 Å². The normalized spacial score (nSPS) is 19.7. The molecule has 1 aliphatic heterocycles. The summed E-state index contributed by atoms with van der Waals surface area (Å²) < 4.78 is 10.2. The average Bonchev–Trinajstić information content (AvgIpc) is 2.87. The quantitative estimate of drug-likeness (QED) is 0.442. The van der Waals surface area contributed by atoms with Gasteiger partial charge in [0.15, 0.2) is 0 Å². The third-order valence-electron chi connectivity index (χ3n) is 4.34. The number of amides is 3. The first kappa shape index (κ1) is 18.8. The monoisotopic (exact) mass is 348 g/mol. The first-order valence-electron chi connectivity index (χ1n) is 8.42. The van der Waals surface area contributed by atoms with Gasteiger partial charge in [-0.05, 0) is 30.5 Å². The lowest BCUT2D eigenvalue weighted by atomic mass is 9.87. The molecule has 25 heavy (non-hydrogen) atoms. The molecule has 1 aromatic rings. The van der Waals surface area contributed by atoms with E-state index in [4.69, 9.17) is 9.47 Å². The summed E-state index contributed by atoms with van der Waals surface area (Å²) in [6.45, 7) is 3.70. The van der Waals surface area contributed by atoms with Gasteiger partial charge in [-0.25, -0.2) is 4.79 Å². The van der Waals surface area contributed by atoms with E-state index in [2.05, 4.69) is 5.32 Å². The lowest BCUT2D eigenvalue weighted by Gasteiger charge is -2.25. The third kappa shape index (κ3) is 3.75. The van der Waals surface area contributed by atoms with E-state index in [1.54, 1.807) is 31.4 Å². The maximum absolute atomic E-state index is 12.9. The number of esters is 1. The Morgan fingerprint density at radius 3 is 2.44 bits per heavy atom. The summed E-state index contributed by atoms with van der Waals surface area (Å²) in [5.74, 6) is -0.376. The molecule has 1 aliphatic rings. The van der Waals surface area contributed by atoms with Gasteiger partial charge >= 0.3 is 12.0 Å². The SMILES string of the molecule is CCCCOC(=O)CN1C(=O)N[C@@](CC)(c2ccc(OC)cc2)C1=O. The highest BCUT2D eigenvalue weighted by Gasteiger charge is 2.51. The van der Waals surface area contributed by atoms with E-state index in [1.807, 2.05) is 13.8 Å². The first-order valence-corrected chi connectivity index (χ1v) is 8.42. The number of ether oxygens (including phenoxy) is 2. The number of imide groups is 1. The summed E-state index contributed by atoms with van der Waals surface area (Å²) in [5.41, 5.74) is -0.524. The number of hydrogen-bond donors (Lipinski definition) is 1. The van der Waals surface area contributed by atoms with Crippen LogP contribution >= 0.6 is 0 Å². The van der Waals surface area contributed by atoms with Gasteiger partial charge in [-0.2, -0.15) is 0 Å². The van der Waals surface area contributed by atoms with Crippen molar-refractivity contribution in [2.75, 3.05) is 20.3 Å². The van der Waals surface area contributed by atoms with Crippen molar-refractivity contribution in [2.24, 2.45) is 0 Å². The summed E-state index contributed by atoms with van der Waals surface area (Å²) in [4.78, 5) is 38.0. The molecule has 3 amide bonds. The Hall–Kier alpha value is -2.57. The Morgan fingerprint density at radius 1 is 1.20 bits per heavy atom. The molecular weight excluding hydrogens is 324 g/mol. The number of methoxy groups -OCH3 is 1. The number of benzene rings is 1. The van der Waals surface area contributed by atoms with E-state index in [9.17, 15) is 14.4 Å². The number of carbonyl (C=O) groups is 3. The highest BCUT2D eigenvalue weighted by Crippen LogP contribution is 2.33. The molecule has 1 fully saturated rings. The van der Waals surface area contributed by atoms with E-state index in [0.717, 1.165) is 17.7 Å². The minimum absolute atomic E-state index is 0.288. The zero-order chi connectivity index (χ0) is 18.4. The molecule has 1 saturated heterocycles.